The van der Waals surface area contributed by atoms with Crippen LogP contribution in [0.1, 0.15) is 22.3 Å². The fourth-order valence-electron chi connectivity index (χ4n) is 3.09. The molecule has 0 spiro atoms. The third kappa shape index (κ3) is 2.79. The first kappa shape index (κ1) is 15.5. The predicted molar refractivity (Wildman–Crippen MR) is 98.5 cm³/mol. The first-order valence-corrected chi connectivity index (χ1v) is 8.18. The molecule has 25 heavy (non-hydrogen) atoms. The van der Waals surface area contributed by atoms with Gasteiger partial charge in [0.05, 0.1) is 12.1 Å². The number of rotatable bonds is 1. The predicted octanol–water partition coefficient (Wildman–Crippen LogP) is 2.95. The molecule has 0 saturated carbocycles. The summed E-state index contributed by atoms with van der Waals surface area (Å²) in [4.78, 5) is 14.5. The third-order valence-electron chi connectivity index (χ3n) is 4.25. The minimum Gasteiger partial charge on any atom is -0.487 e. The van der Waals surface area contributed by atoms with Gasteiger partial charge in [-0.2, -0.15) is 0 Å². The molecule has 2 aromatic carbocycles. The summed E-state index contributed by atoms with van der Waals surface area (Å²) in [7, 11) is 3.99. The first-order valence-electron chi connectivity index (χ1n) is 8.18. The molecule has 4 heteroatoms. The van der Waals surface area contributed by atoms with E-state index in [9.17, 15) is 4.79 Å². The van der Waals surface area contributed by atoms with Crippen molar-refractivity contribution in [3.63, 3.8) is 0 Å². The SMILES string of the molecule is CN(C)CC#Cc1ccc2c(c1)CO/C2=C1/C(=O)Nc2ccccc21. The molecule has 4 rings (SSSR count). The number of fused-ring (bicyclic) bond motifs is 2. The van der Waals surface area contributed by atoms with Crippen LogP contribution >= 0.6 is 0 Å². The Kier molecular flexibility index (Phi) is 3.79. The number of ether oxygens (including phenoxy) is 1. The van der Waals surface area contributed by atoms with E-state index in [1.54, 1.807) is 0 Å². The Morgan fingerprint density at radius 3 is 2.84 bits per heavy atom. The monoisotopic (exact) mass is 330 g/mol. The third-order valence-corrected chi connectivity index (χ3v) is 4.25. The average Bonchev–Trinajstić information content (AvgIpc) is 3.13. The molecule has 0 aliphatic carbocycles. The molecule has 124 valence electrons. The van der Waals surface area contributed by atoms with Gasteiger partial charge in [-0.3, -0.25) is 9.69 Å². The van der Waals surface area contributed by atoms with Gasteiger partial charge in [0.15, 0.2) is 0 Å². The summed E-state index contributed by atoms with van der Waals surface area (Å²) >= 11 is 0. The van der Waals surface area contributed by atoms with E-state index in [0.29, 0.717) is 17.9 Å². The molecule has 2 aromatic rings. The Morgan fingerprint density at radius 1 is 1.16 bits per heavy atom. The number of hydrogen-bond donors (Lipinski definition) is 1. The van der Waals surface area contributed by atoms with Crippen molar-refractivity contribution >= 4 is 22.9 Å². The Morgan fingerprint density at radius 2 is 2.00 bits per heavy atom. The number of carbonyl (C=O) groups excluding carboxylic acids is 1. The lowest BCUT2D eigenvalue weighted by Crippen LogP contribution is -2.10. The number of carbonyl (C=O) groups is 1. The maximum absolute atomic E-state index is 12.4. The Balaban J connectivity index is 1.73. The molecule has 0 aromatic heterocycles. The van der Waals surface area contributed by atoms with Crippen molar-refractivity contribution in [3.8, 4) is 11.8 Å². The maximum atomic E-state index is 12.4. The number of para-hydroxylation sites is 1. The lowest BCUT2D eigenvalue weighted by molar-refractivity contribution is -0.110. The first-order chi connectivity index (χ1) is 12.1. The molecule has 4 nitrogen and oxygen atoms in total. The summed E-state index contributed by atoms with van der Waals surface area (Å²) < 4.78 is 5.89. The number of nitrogens with zero attached hydrogens (tertiary/aromatic N) is 1. The van der Waals surface area contributed by atoms with Gasteiger partial charge in [-0.1, -0.05) is 30.0 Å². The van der Waals surface area contributed by atoms with Gasteiger partial charge in [0.25, 0.3) is 5.91 Å². The van der Waals surface area contributed by atoms with Crippen LogP contribution in [0.4, 0.5) is 5.69 Å². The van der Waals surface area contributed by atoms with Crippen LogP contribution in [0.25, 0.3) is 11.3 Å². The molecule has 2 aliphatic rings. The normalized spacial score (nSPS) is 17.5. The zero-order valence-electron chi connectivity index (χ0n) is 14.2. The summed E-state index contributed by atoms with van der Waals surface area (Å²) in [5, 5.41) is 2.90. The maximum Gasteiger partial charge on any atom is 0.260 e. The summed E-state index contributed by atoms with van der Waals surface area (Å²) in [6.45, 7) is 1.19. The van der Waals surface area contributed by atoms with Crippen LogP contribution < -0.4 is 5.32 Å². The van der Waals surface area contributed by atoms with Crippen LogP contribution in [-0.4, -0.2) is 31.4 Å². The average molecular weight is 330 g/mol. The second-order valence-electron chi connectivity index (χ2n) is 6.40. The zero-order valence-corrected chi connectivity index (χ0v) is 14.2. The summed E-state index contributed by atoms with van der Waals surface area (Å²) in [6, 6.07) is 13.7. The van der Waals surface area contributed by atoms with Crippen molar-refractivity contribution in [1.29, 1.82) is 0 Å². The van der Waals surface area contributed by atoms with Gasteiger partial charge < -0.3 is 10.1 Å². The van der Waals surface area contributed by atoms with Crippen molar-refractivity contribution in [2.24, 2.45) is 0 Å². The number of amides is 1. The fourth-order valence-corrected chi connectivity index (χ4v) is 3.09. The zero-order chi connectivity index (χ0) is 17.4. The van der Waals surface area contributed by atoms with Crippen LogP contribution in [0, 0.1) is 11.8 Å². The van der Waals surface area contributed by atoms with Crippen molar-refractivity contribution in [2.45, 2.75) is 6.61 Å². The van der Waals surface area contributed by atoms with E-state index in [0.717, 1.165) is 34.5 Å². The number of nitrogens with one attached hydrogen (secondary N) is 1. The van der Waals surface area contributed by atoms with Gasteiger partial charge in [0.2, 0.25) is 0 Å². The van der Waals surface area contributed by atoms with Crippen molar-refractivity contribution < 1.29 is 9.53 Å². The van der Waals surface area contributed by atoms with Crippen LogP contribution in [0.3, 0.4) is 0 Å². The fraction of sp³-hybridized carbons (Fsp3) is 0.190. The van der Waals surface area contributed by atoms with Gasteiger partial charge >= 0.3 is 0 Å². The highest BCUT2D eigenvalue weighted by Gasteiger charge is 2.32. The van der Waals surface area contributed by atoms with E-state index in [1.165, 1.54) is 0 Å². The minimum atomic E-state index is -0.112. The molecule has 1 N–H and O–H groups in total. The van der Waals surface area contributed by atoms with Gasteiger partial charge in [-0.05, 0) is 38.4 Å². The highest BCUT2D eigenvalue weighted by molar-refractivity contribution is 6.36. The quantitative estimate of drug-likeness (QED) is 0.646. The molecule has 0 radical (unpaired) electrons. The lowest BCUT2D eigenvalue weighted by atomic mass is 9.99. The lowest BCUT2D eigenvalue weighted by Gasteiger charge is -2.05. The molecular formula is C21H18N2O2. The smallest absolute Gasteiger partial charge is 0.260 e. The molecule has 2 heterocycles. The molecule has 0 bridgehead atoms. The van der Waals surface area contributed by atoms with Crippen molar-refractivity contribution in [1.82, 2.24) is 4.90 Å². The molecule has 0 atom stereocenters. The summed E-state index contributed by atoms with van der Waals surface area (Å²) in [6.07, 6.45) is 0. The van der Waals surface area contributed by atoms with E-state index < -0.39 is 0 Å². The molecule has 0 fully saturated rings. The van der Waals surface area contributed by atoms with Gasteiger partial charge in [0, 0.05) is 27.9 Å². The Labute approximate surface area is 147 Å². The van der Waals surface area contributed by atoms with Gasteiger partial charge in [0.1, 0.15) is 12.4 Å². The Hall–Kier alpha value is -3.03. The van der Waals surface area contributed by atoms with E-state index in [4.69, 9.17) is 4.74 Å². The number of benzene rings is 2. The topological polar surface area (TPSA) is 41.6 Å². The highest BCUT2D eigenvalue weighted by Crippen LogP contribution is 2.41. The van der Waals surface area contributed by atoms with Gasteiger partial charge in [-0.15, -0.1) is 0 Å². The van der Waals surface area contributed by atoms with Crippen LogP contribution in [0.5, 0.6) is 0 Å². The van der Waals surface area contributed by atoms with Gasteiger partial charge in [-0.25, -0.2) is 0 Å². The van der Waals surface area contributed by atoms with E-state index in [1.807, 2.05) is 61.5 Å². The summed E-state index contributed by atoms with van der Waals surface area (Å²) in [5.74, 6) is 6.86. The molecule has 1 amide bonds. The standard InChI is InChI=1S/C21H18N2O2/c1-23(2)11-5-6-14-9-10-16-15(12-14)13-25-20(16)19-17-7-3-4-8-18(17)22-21(19)24/h3-4,7-10,12H,11,13H2,1-2H3,(H,22,24)/b20-19+. The second kappa shape index (κ2) is 6.12. The highest BCUT2D eigenvalue weighted by atomic mass is 16.5. The Bertz CT molecular complexity index is 961. The molecule has 0 unspecified atom stereocenters. The molecular weight excluding hydrogens is 312 g/mol. The number of anilines is 1. The van der Waals surface area contributed by atoms with Crippen LogP contribution in [-0.2, 0) is 16.1 Å². The molecule has 2 aliphatic heterocycles. The van der Waals surface area contributed by atoms with E-state index in [-0.39, 0.29) is 5.91 Å². The largest absolute Gasteiger partial charge is 0.487 e. The van der Waals surface area contributed by atoms with Crippen molar-refractivity contribution in [3.05, 3.63) is 64.7 Å². The second-order valence-corrected chi connectivity index (χ2v) is 6.40. The number of hydrogen-bond acceptors (Lipinski definition) is 3. The molecule has 0 saturated heterocycles. The summed E-state index contributed by atoms with van der Waals surface area (Å²) in [5.41, 5.74) is 5.34. The van der Waals surface area contributed by atoms with Crippen LogP contribution in [0.2, 0.25) is 0 Å². The van der Waals surface area contributed by atoms with Crippen LogP contribution in [0.15, 0.2) is 42.5 Å². The van der Waals surface area contributed by atoms with E-state index >= 15 is 0 Å². The van der Waals surface area contributed by atoms with E-state index in [2.05, 4.69) is 17.2 Å². The minimum absolute atomic E-state index is 0.112. The van der Waals surface area contributed by atoms with Crippen molar-refractivity contribution in [2.75, 3.05) is 26.0 Å².